The molecule has 1 rings (SSSR count). The van der Waals surface area contributed by atoms with Crippen LogP contribution in [0.15, 0.2) is 24.3 Å². The SMILES string of the molecule is CCc1ccc(OCC(=O)N(CC)CC(=O)O)cc1. The van der Waals surface area contributed by atoms with E-state index in [1.807, 2.05) is 12.1 Å². The van der Waals surface area contributed by atoms with Crippen LogP contribution in [0, 0.1) is 0 Å². The molecular formula is C14H19NO4. The Labute approximate surface area is 112 Å². The van der Waals surface area contributed by atoms with E-state index in [4.69, 9.17) is 9.84 Å². The Hall–Kier alpha value is -2.04. The summed E-state index contributed by atoms with van der Waals surface area (Å²) in [7, 11) is 0. The maximum absolute atomic E-state index is 11.7. The predicted molar refractivity (Wildman–Crippen MR) is 71.2 cm³/mol. The van der Waals surface area contributed by atoms with E-state index in [2.05, 4.69) is 6.92 Å². The second-order valence-electron chi connectivity index (χ2n) is 4.09. The van der Waals surface area contributed by atoms with Crippen LogP contribution in [-0.4, -0.2) is 41.6 Å². The zero-order valence-electron chi connectivity index (χ0n) is 11.3. The van der Waals surface area contributed by atoms with Crippen LogP contribution in [0.25, 0.3) is 0 Å². The highest BCUT2D eigenvalue weighted by Crippen LogP contribution is 2.12. The summed E-state index contributed by atoms with van der Waals surface area (Å²) in [5, 5.41) is 8.67. The maximum Gasteiger partial charge on any atom is 0.323 e. The van der Waals surface area contributed by atoms with Crippen LogP contribution in [0.5, 0.6) is 5.75 Å². The van der Waals surface area contributed by atoms with E-state index in [0.717, 1.165) is 6.42 Å². The monoisotopic (exact) mass is 265 g/mol. The van der Waals surface area contributed by atoms with E-state index in [1.54, 1.807) is 19.1 Å². The van der Waals surface area contributed by atoms with Crippen molar-refractivity contribution in [2.75, 3.05) is 19.7 Å². The van der Waals surface area contributed by atoms with Crippen molar-refractivity contribution < 1.29 is 19.4 Å². The third-order valence-electron chi connectivity index (χ3n) is 2.75. The van der Waals surface area contributed by atoms with Crippen LogP contribution in [0.3, 0.4) is 0 Å². The lowest BCUT2D eigenvalue weighted by molar-refractivity contribution is -0.145. The van der Waals surface area contributed by atoms with E-state index in [1.165, 1.54) is 10.5 Å². The highest BCUT2D eigenvalue weighted by atomic mass is 16.5. The van der Waals surface area contributed by atoms with Gasteiger partial charge in [-0.25, -0.2) is 0 Å². The van der Waals surface area contributed by atoms with Crippen molar-refractivity contribution in [3.8, 4) is 5.75 Å². The molecule has 104 valence electrons. The number of benzene rings is 1. The molecule has 1 N–H and O–H groups in total. The van der Waals surface area contributed by atoms with Crippen molar-refractivity contribution >= 4 is 11.9 Å². The third kappa shape index (κ3) is 4.99. The molecule has 0 aliphatic rings. The number of carbonyl (C=O) groups is 2. The largest absolute Gasteiger partial charge is 0.484 e. The normalized spacial score (nSPS) is 10.0. The second-order valence-corrected chi connectivity index (χ2v) is 4.09. The van der Waals surface area contributed by atoms with Crippen molar-refractivity contribution in [1.82, 2.24) is 4.90 Å². The summed E-state index contributed by atoms with van der Waals surface area (Å²) < 4.78 is 5.35. The van der Waals surface area contributed by atoms with E-state index < -0.39 is 5.97 Å². The molecule has 1 amide bonds. The minimum absolute atomic E-state index is 0.146. The zero-order valence-corrected chi connectivity index (χ0v) is 11.3. The minimum Gasteiger partial charge on any atom is -0.484 e. The molecule has 0 unspecified atom stereocenters. The fraction of sp³-hybridized carbons (Fsp3) is 0.429. The summed E-state index contributed by atoms with van der Waals surface area (Å²) in [4.78, 5) is 23.6. The number of ether oxygens (including phenoxy) is 1. The molecule has 0 fully saturated rings. The summed E-state index contributed by atoms with van der Waals surface area (Å²) in [6.45, 7) is 3.70. The van der Waals surface area contributed by atoms with Crippen LogP contribution >= 0.6 is 0 Å². The summed E-state index contributed by atoms with van der Waals surface area (Å²) in [5.41, 5.74) is 1.19. The van der Waals surface area contributed by atoms with E-state index >= 15 is 0 Å². The molecule has 19 heavy (non-hydrogen) atoms. The van der Waals surface area contributed by atoms with Gasteiger partial charge in [0.15, 0.2) is 6.61 Å². The van der Waals surface area contributed by atoms with Crippen LogP contribution < -0.4 is 4.74 Å². The quantitative estimate of drug-likeness (QED) is 0.812. The fourth-order valence-corrected chi connectivity index (χ4v) is 1.60. The molecule has 0 saturated carbocycles. The van der Waals surface area contributed by atoms with Crippen LogP contribution in [-0.2, 0) is 16.0 Å². The van der Waals surface area contributed by atoms with Gasteiger partial charge in [0.1, 0.15) is 12.3 Å². The number of hydrogen-bond acceptors (Lipinski definition) is 3. The lowest BCUT2D eigenvalue weighted by atomic mass is 10.2. The van der Waals surface area contributed by atoms with Gasteiger partial charge in [-0.3, -0.25) is 9.59 Å². The van der Waals surface area contributed by atoms with E-state index in [-0.39, 0.29) is 19.1 Å². The number of amides is 1. The first kappa shape index (κ1) is 15.0. The molecule has 0 atom stereocenters. The molecule has 0 aromatic heterocycles. The predicted octanol–water partition coefficient (Wildman–Crippen LogP) is 1.56. The van der Waals surface area contributed by atoms with Gasteiger partial charge in [-0.2, -0.15) is 0 Å². The molecule has 0 spiro atoms. The van der Waals surface area contributed by atoms with Gasteiger partial charge in [0.05, 0.1) is 0 Å². The van der Waals surface area contributed by atoms with Crippen molar-refractivity contribution in [2.24, 2.45) is 0 Å². The molecular weight excluding hydrogens is 246 g/mol. The Bertz CT molecular complexity index is 428. The Balaban J connectivity index is 2.49. The van der Waals surface area contributed by atoms with Gasteiger partial charge < -0.3 is 14.7 Å². The Morgan fingerprint density at radius 3 is 2.32 bits per heavy atom. The van der Waals surface area contributed by atoms with Crippen molar-refractivity contribution in [2.45, 2.75) is 20.3 Å². The summed E-state index contributed by atoms with van der Waals surface area (Å²) in [6.07, 6.45) is 0.946. The summed E-state index contributed by atoms with van der Waals surface area (Å²) >= 11 is 0. The van der Waals surface area contributed by atoms with Crippen molar-refractivity contribution in [3.05, 3.63) is 29.8 Å². The van der Waals surface area contributed by atoms with Gasteiger partial charge in [0.25, 0.3) is 5.91 Å². The molecule has 0 heterocycles. The van der Waals surface area contributed by atoms with Gasteiger partial charge >= 0.3 is 5.97 Å². The average molecular weight is 265 g/mol. The Morgan fingerprint density at radius 1 is 1.21 bits per heavy atom. The molecule has 1 aromatic rings. The first-order valence-electron chi connectivity index (χ1n) is 6.28. The molecule has 0 radical (unpaired) electrons. The van der Waals surface area contributed by atoms with Gasteiger partial charge in [0.2, 0.25) is 0 Å². The second kappa shape index (κ2) is 7.41. The number of rotatable bonds is 7. The van der Waals surface area contributed by atoms with E-state index in [0.29, 0.717) is 12.3 Å². The number of likely N-dealkylation sites (N-methyl/N-ethyl adjacent to an activating group) is 1. The number of aryl methyl sites for hydroxylation is 1. The van der Waals surface area contributed by atoms with Gasteiger partial charge in [0, 0.05) is 6.54 Å². The third-order valence-corrected chi connectivity index (χ3v) is 2.75. The summed E-state index contributed by atoms with van der Waals surface area (Å²) in [5.74, 6) is -0.746. The van der Waals surface area contributed by atoms with E-state index in [9.17, 15) is 9.59 Å². The number of aliphatic carboxylic acids is 1. The van der Waals surface area contributed by atoms with Gasteiger partial charge in [-0.1, -0.05) is 19.1 Å². The molecule has 5 heteroatoms. The highest BCUT2D eigenvalue weighted by Gasteiger charge is 2.15. The van der Waals surface area contributed by atoms with Crippen LogP contribution in [0.2, 0.25) is 0 Å². The van der Waals surface area contributed by atoms with Crippen molar-refractivity contribution in [1.29, 1.82) is 0 Å². The molecule has 0 aliphatic heterocycles. The molecule has 0 aliphatic carbocycles. The topological polar surface area (TPSA) is 66.8 Å². The summed E-state index contributed by atoms with van der Waals surface area (Å²) in [6, 6.07) is 7.49. The number of hydrogen-bond donors (Lipinski definition) is 1. The fourth-order valence-electron chi connectivity index (χ4n) is 1.60. The van der Waals surface area contributed by atoms with Crippen LogP contribution in [0.4, 0.5) is 0 Å². The average Bonchev–Trinajstić information content (AvgIpc) is 2.42. The smallest absolute Gasteiger partial charge is 0.323 e. The van der Waals surface area contributed by atoms with Gasteiger partial charge in [-0.05, 0) is 31.0 Å². The lowest BCUT2D eigenvalue weighted by Gasteiger charge is -2.18. The van der Waals surface area contributed by atoms with Crippen molar-refractivity contribution in [3.63, 3.8) is 0 Å². The number of carboxylic acid groups (broad SMARTS) is 1. The maximum atomic E-state index is 11.7. The standard InChI is InChI=1S/C14H19NO4/c1-3-11-5-7-12(8-6-11)19-10-13(16)15(4-2)9-14(17)18/h5-8H,3-4,9-10H2,1-2H3,(H,17,18). The minimum atomic E-state index is -1.03. The Morgan fingerprint density at radius 2 is 1.84 bits per heavy atom. The highest BCUT2D eigenvalue weighted by molar-refractivity contribution is 5.82. The molecule has 1 aromatic carbocycles. The van der Waals surface area contributed by atoms with Crippen LogP contribution in [0.1, 0.15) is 19.4 Å². The lowest BCUT2D eigenvalue weighted by Crippen LogP contribution is -2.38. The number of carbonyl (C=O) groups excluding carboxylic acids is 1. The molecule has 0 bridgehead atoms. The number of carboxylic acids is 1. The first-order chi connectivity index (χ1) is 9.06. The molecule has 5 nitrogen and oxygen atoms in total. The first-order valence-corrected chi connectivity index (χ1v) is 6.28. The molecule has 0 saturated heterocycles. The zero-order chi connectivity index (χ0) is 14.3. The Kier molecular flexibility index (Phi) is 5.85. The number of nitrogens with zero attached hydrogens (tertiary/aromatic N) is 1. The van der Waals surface area contributed by atoms with Gasteiger partial charge in [-0.15, -0.1) is 0 Å².